The Balaban J connectivity index is 0.00000181. The quantitative estimate of drug-likeness (QED) is 0.223. The van der Waals surface area contributed by atoms with Crippen LogP contribution in [-0.2, 0) is 16.5 Å². The van der Waals surface area contributed by atoms with Gasteiger partial charge in [-0.2, -0.15) is 0 Å². The molecule has 0 amide bonds. The molecule has 0 N–H and O–H groups in total. The van der Waals surface area contributed by atoms with Crippen LogP contribution in [0, 0.1) is 0 Å². The Hall–Kier alpha value is -1.19. The number of hydrogen-bond acceptors (Lipinski definition) is 0. The third kappa shape index (κ3) is 7.40. The average Bonchev–Trinajstić information content (AvgIpc) is 2.82. The van der Waals surface area contributed by atoms with Gasteiger partial charge in [-0.15, -0.1) is 0 Å². The minimum Gasteiger partial charge on any atom is -1.00 e. The van der Waals surface area contributed by atoms with Crippen molar-refractivity contribution in [2.75, 3.05) is 0 Å². The van der Waals surface area contributed by atoms with Crippen LogP contribution in [0.4, 0.5) is 0 Å². The number of rotatable bonds is 7. The molecule has 4 aromatic rings. The molecule has 0 nitrogen and oxygen atoms in total. The Morgan fingerprint density at radius 1 is 0.394 bits per heavy atom. The minimum absolute atomic E-state index is 0. The zero-order chi connectivity index (χ0) is 20.8. The monoisotopic (exact) mass is 554 g/mol. The maximum Gasteiger partial charge on any atom is 2.00 e. The van der Waals surface area contributed by atoms with Gasteiger partial charge in [0.15, 0.2) is 0 Å². The maximum absolute atomic E-state index is 2.47. The molecule has 0 aliphatic heterocycles. The van der Waals surface area contributed by atoms with E-state index < -0.39 is 15.8 Å². The van der Waals surface area contributed by atoms with Crippen LogP contribution in [-0.4, -0.2) is 11.3 Å². The molecule has 0 aliphatic rings. The topological polar surface area (TPSA) is 0 Å². The zero-order valence-electron chi connectivity index (χ0n) is 18.7. The second-order valence-electron chi connectivity index (χ2n) is 7.56. The fourth-order valence-corrected chi connectivity index (χ4v) is 10.1. The van der Waals surface area contributed by atoms with Gasteiger partial charge in [-0.05, 0) is 48.4 Å². The van der Waals surface area contributed by atoms with E-state index >= 15 is 0 Å². The van der Waals surface area contributed by atoms with Crippen molar-refractivity contribution in [3.8, 4) is 0 Å². The largest absolute Gasteiger partial charge is 2.00 e. The smallest absolute Gasteiger partial charge is 1.00 e. The normalized spacial score (nSPS) is 12.1. The van der Waals surface area contributed by atoms with Crippen molar-refractivity contribution in [1.82, 2.24) is 0 Å². The van der Waals surface area contributed by atoms with Gasteiger partial charge in [-0.25, -0.2) is 0 Å². The molecule has 4 rings (SSSR count). The van der Waals surface area contributed by atoms with E-state index in [1.165, 1.54) is 21.2 Å². The molecule has 0 spiro atoms. The molecule has 0 heterocycles. The molecule has 0 fully saturated rings. The summed E-state index contributed by atoms with van der Waals surface area (Å²) in [6.45, 7) is 4.94. The Morgan fingerprint density at radius 2 is 0.576 bits per heavy atom. The van der Waals surface area contributed by atoms with Gasteiger partial charge in [0.1, 0.15) is 0 Å². The molecule has 0 aromatic heterocycles. The SMILES string of the molecule is CC([C@@H](C)P(c1ccccc1)c1ccccc1)P(c1ccccc1)c1ccccc1.[Cl-].[Cl-].[Ni+2]. The standard InChI is InChI=1S/C28H28P2.2ClH.Ni/c1-23(29(25-15-7-3-8-16-25)26-17-9-4-10-18-26)24(2)30(27-19-11-5-12-20-27)28-21-13-6-14-22-28;;;/h3-24H,1-2H3;2*1H;/q;;;+2/p-2/t23-,24?;;;/m1.../s1. The van der Waals surface area contributed by atoms with Crippen molar-refractivity contribution in [3.05, 3.63) is 121 Å². The van der Waals surface area contributed by atoms with Gasteiger partial charge in [0.25, 0.3) is 0 Å². The van der Waals surface area contributed by atoms with Crippen molar-refractivity contribution in [3.63, 3.8) is 0 Å². The Bertz CT molecular complexity index is 868. The van der Waals surface area contributed by atoms with Crippen molar-refractivity contribution in [2.45, 2.75) is 25.2 Å². The summed E-state index contributed by atoms with van der Waals surface area (Å²) < 4.78 is 0. The molecular weight excluding hydrogens is 528 g/mol. The number of benzene rings is 4. The van der Waals surface area contributed by atoms with Crippen LogP contribution in [0.3, 0.4) is 0 Å². The average molecular weight is 556 g/mol. The summed E-state index contributed by atoms with van der Waals surface area (Å²) in [5, 5.41) is 5.87. The maximum atomic E-state index is 2.47. The summed E-state index contributed by atoms with van der Waals surface area (Å²) in [4.78, 5) is 0. The molecule has 174 valence electrons. The van der Waals surface area contributed by atoms with Crippen LogP contribution < -0.4 is 46.0 Å². The second kappa shape index (κ2) is 14.9. The summed E-state index contributed by atoms with van der Waals surface area (Å²) in [7, 11) is -0.897. The van der Waals surface area contributed by atoms with E-state index in [9.17, 15) is 0 Å². The summed E-state index contributed by atoms with van der Waals surface area (Å²) in [5.41, 5.74) is 1.10. The molecule has 4 aromatic carbocycles. The Kier molecular flexibility index (Phi) is 13.5. The van der Waals surface area contributed by atoms with Crippen molar-refractivity contribution >= 4 is 37.1 Å². The first-order valence-electron chi connectivity index (χ1n) is 10.5. The van der Waals surface area contributed by atoms with E-state index in [4.69, 9.17) is 0 Å². The van der Waals surface area contributed by atoms with Crippen LogP contribution in [0.1, 0.15) is 13.8 Å². The summed E-state index contributed by atoms with van der Waals surface area (Å²) >= 11 is 0. The predicted molar refractivity (Wildman–Crippen MR) is 137 cm³/mol. The molecular formula is C28H28Cl2NiP2. The fourth-order valence-electron chi connectivity index (χ4n) is 4.02. The molecule has 2 atom stereocenters. The first kappa shape index (κ1) is 29.8. The summed E-state index contributed by atoms with van der Waals surface area (Å²) in [6.07, 6.45) is 0. The number of hydrogen-bond donors (Lipinski definition) is 0. The molecule has 0 radical (unpaired) electrons. The van der Waals surface area contributed by atoms with Crippen LogP contribution in [0.25, 0.3) is 0 Å². The van der Waals surface area contributed by atoms with E-state index in [0.717, 1.165) is 0 Å². The van der Waals surface area contributed by atoms with Crippen molar-refractivity contribution in [1.29, 1.82) is 0 Å². The van der Waals surface area contributed by atoms with E-state index in [2.05, 4.69) is 135 Å². The van der Waals surface area contributed by atoms with E-state index in [0.29, 0.717) is 11.3 Å². The molecule has 5 heteroatoms. The fraction of sp³-hybridized carbons (Fsp3) is 0.143. The molecule has 1 unspecified atom stereocenters. The van der Waals surface area contributed by atoms with E-state index in [-0.39, 0.29) is 41.3 Å². The van der Waals surface area contributed by atoms with Crippen LogP contribution in [0.15, 0.2) is 121 Å². The van der Waals surface area contributed by atoms with Crippen LogP contribution in [0.5, 0.6) is 0 Å². The minimum atomic E-state index is -0.448. The summed E-state index contributed by atoms with van der Waals surface area (Å²) in [5.74, 6) is 0. The van der Waals surface area contributed by atoms with Gasteiger partial charge in [0, 0.05) is 0 Å². The zero-order valence-corrected chi connectivity index (χ0v) is 23.0. The number of halogens is 2. The van der Waals surface area contributed by atoms with Gasteiger partial charge in [-0.3, -0.25) is 0 Å². The van der Waals surface area contributed by atoms with Gasteiger partial charge in [0.05, 0.1) is 0 Å². The molecule has 0 bridgehead atoms. The first-order valence-corrected chi connectivity index (χ1v) is 13.4. The first-order chi connectivity index (χ1) is 14.8. The third-order valence-corrected chi connectivity index (χ3v) is 11.8. The van der Waals surface area contributed by atoms with Gasteiger partial charge < -0.3 is 24.8 Å². The molecule has 33 heavy (non-hydrogen) atoms. The van der Waals surface area contributed by atoms with Crippen molar-refractivity contribution < 1.29 is 41.3 Å². The molecule has 0 saturated carbocycles. The molecule has 0 aliphatic carbocycles. The van der Waals surface area contributed by atoms with Crippen LogP contribution >= 0.6 is 15.8 Å². The molecule has 0 saturated heterocycles. The van der Waals surface area contributed by atoms with Gasteiger partial charge in [-0.1, -0.05) is 135 Å². The van der Waals surface area contributed by atoms with Crippen LogP contribution in [0.2, 0.25) is 0 Å². The van der Waals surface area contributed by atoms with Crippen molar-refractivity contribution in [2.24, 2.45) is 0 Å². The Morgan fingerprint density at radius 3 is 0.758 bits per heavy atom. The second-order valence-corrected chi connectivity index (χ2v) is 12.7. The van der Waals surface area contributed by atoms with E-state index in [1.54, 1.807) is 0 Å². The van der Waals surface area contributed by atoms with E-state index in [1.807, 2.05) is 0 Å². The Labute approximate surface area is 223 Å². The third-order valence-electron chi connectivity index (χ3n) is 5.65. The summed E-state index contributed by atoms with van der Waals surface area (Å²) in [6, 6.07) is 44.5. The predicted octanol–water partition coefficient (Wildman–Crippen LogP) is 0.0347. The van der Waals surface area contributed by atoms with Gasteiger partial charge in [0.2, 0.25) is 0 Å². The van der Waals surface area contributed by atoms with Gasteiger partial charge >= 0.3 is 16.5 Å².